The van der Waals surface area contributed by atoms with E-state index in [-0.39, 0.29) is 29.6 Å². The van der Waals surface area contributed by atoms with Crippen LogP contribution in [0.5, 0.6) is 0 Å². The van der Waals surface area contributed by atoms with Crippen molar-refractivity contribution in [3.63, 3.8) is 0 Å². The van der Waals surface area contributed by atoms with E-state index in [0.29, 0.717) is 17.7 Å². The second kappa shape index (κ2) is 9.72. The molecule has 0 aliphatic rings. The van der Waals surface area contributed by atoms with Gasteiger partial charge in [-0.05, 0) is 60.5 Å². The highest BCUT2D eigenvalue weighted by molar-refractivity contribution is 7.92. The Morgan fingerprint density at radius 2 is 1.71 bits per heavy atom. The second-order valence-corrected chi connectivity index (χ2v) is 8.68. The molecule has 0 spiro atoms. The van der Waals surface area contributed by atoms with Crippen LogP contribution in [-0.4, -0.2) is 37.5 Å². The molecule has 3 aromatic carbocycles. The summed E-state index contributed by atoms with van der Waals surface area (Å²) < 4.78 is 40.9. The van der Waals surface area contributed by atoms with Gasteiger partial charge in [0.1, 0.15) is 5.82 Å². The zero-order chi connectivity index (χ0) is 22.4. The molecule has 0 saturated heterocycles. The summed E-state index contributed by atoms with van der Waals surface area (Å²) in [4.78, 5) is 14.4. The predicted molar refractivity (Wildman–Crippen MR) is 117 cm³/mol. The molecule has 0 saturated carbocycles. The number of nitrogens with zero attached hydrogens (tertiary/aromatic N) is 1. The number of aliphatic hydroxyl groups excluding tert-OH is 1. The van der Waals surface area contributed by atoms with Crippen molar-refractivity contribution in [2.24, 2.45) is 0 Å². The van der Waals surface area contributed by atoms with E-state index in [1.807, 2.05) is 30.3 Å². The third kappa shape index (κ3) is 5.68. The number of anilines is 1. The number of rotatable bonds is 8. The number of amides is 1. The van der Waals surface area contributed by atoms with Gasteiger partial charge in [0.05, 0.1) is 11.5 Å². The van der Waals surface area contributed by atoms with Gasteiger partial charge in [-0.25, -0.2) is 12.8 Å². The van der Waals surface area contributed by atoms with E-state index in [1.54, 1.807) is 0 Å². The van der Waals surface area contributed by atoms with Gasteiger partial charge in [-0.1, -0.05) is 30.3 Å². The van der Waals surface area contributed by atoms with E-state index in [1.165, 1.54) is 42.2 Å². The van der Waals surface area contributed by atoms with Crippen LogP contribution in [0.4, 0.5) is 10.1 Å². The lowest BCUT2D eigenvalue weighted by molar-refractivity contribution is 0.0708. The Hall–Kier alpha value is -3.23. The van der Waals surface area contributed by atoms with E-state index >= 15 is 0 Å². The number of hydrogen-bond acceptors (Lipinski definition) is 4. The molecular formula is C23H23FN2O4S. The quantitative estimate of drug-likeness (QED) is 0.558. The Labute approximate surface area is 181 Å². The molecule has 0 atom stereocenters. The van der Waals surface area contributed by atoms with Crippen molar-refractivity contribution in [3.8, 4) is 0 Å². The fourth-order valence-electron chi connectivity index (χ4n) is 3.16. The summed E-state index contributed by atoms with van der Waals surface area (Å²) in [5, 5.41) is 9.34. The van der Waals surface area contributed by atoms with E-state index in [2.05, 4.69) is 4.72 Å². The summed E-state index contributed by atoms with van der Waals surface area (Å²) >= 11 is 0. The zero-order valence-electron chi connectivity index (χ0n) is 17.0. The van der Waals surface area contributed by atoms with Crippen molar-refractivity contribution >= 4 is 21.6 Å². The first-order chi connectivity index (χ1) is 14.8. The molecule has 0 heterocycles. The van der Waals surface area contributed by atoms with Gasteiger partial charge in [0.2, 0.25) is 0 Å². The SMILES string of the molecule is Cc1cc(F)ccc1S(=O)(=O)Nc1ccc(C(=O)N(CCO)Cc2ccccc2)cc1. The number of benzene rings is 3. The van der Waals surface area contributed by atoms with E-state index < -0.39 is 15.8 Å². The van der Waals surface area contributed by atoms with E-state index in [0.717, 1.165) is 17.7 Å². The summed E-state index contributed by atoms with van der Waals surface area (Å²) in [5.41, 5.74) is 1.87. The van der Waals surface area contributed by atoms with Crippen LogP contribution < -0.4 is 4.72 Å². The van der Waals surface area contributed by atoms with Gasteiger partial charge < -0.3 is 10.0 Å². The molecule has 162 valence electrons. The number of aliphatic hydroxyl groups is 1. The molecule has 0 unspecified atom stereocenters. The van der Waals surface area contributed by atoms with Crippen LogP contribution in [0, 0.1) is 12.7 Å². The number of nitrogens with one attached hydrogen (secondary N) is 1. The smallest absolute Gasteiger partial charge is 0.262 e. The van der Waals surface area contributed by atoms with Crippen molar-refractivity contribution in [1.82, 2.24) is 4.90 Å². The number of carbonyl (C=O) groups is 1. The maximum absolute atomic E-state index is 13.3. The van der Waals surface area contributed by atoms with Crippen LogP contribution in [0.2, 0.25) is 0 Å². The Bertz CT molecular complexity index is 1150. The number of hydrogen-bond donors (Lipinski definition) is 2. The molecule has 6 nitrogen and oxygen atoms in total. The molecule has 0 aliphatic carbocycles. The topological polar surface area (TPSA) is 86.7 Å². The summed E-state index contributed by atoms with van der Waals surface area (Å²) in [6.45, 7) is 1.86. The monoisotopic (exact) mass is 442 g/mol. The summed E-state index contributed by atoms with van der Waals surface area (Å²) in [7, 11) is -3.90. The van der Waals surface area contributed by atoms with E-state index in [4.69, 9.17) is 0 Å². The fourth-order valence-corrected chi connectivity index (χ4v) is 4.45. The second-order valence-electron chi connectivity index (χ2n) is 7.03. The molecule has 0 bridgehead atoms. The Morgan fingerprint density at radius 1 is 1.03 bits per heavy atom. The minimum absolute atomic E-state index is 0.0222. The molecule has 0 fully saturated rings. The van der Waals surface area contributed by atoms with Crippen LogP contribution in [0.15, 0.2) is 77.7 Å². The molecule has 0 aromatic heterocycles. The van der Waals surface area contributed by atoms with Gasteiger partial charge in [-0.15, -0.1) is 0 Å². The lowest BCUT2D eigenvalue weighted by atomic mass is 10.1. The number of carbonyl (C=O) groups excluding carboxylic acids is 1. The summed E-state index contributed by atoms with van der Waals surface area (Å²) in [6, 6.07) is 18.9. The first-order valence-electron chi connectivity index (χ1n) is 9.63. The Kier molecular flexibility index (Phi) is 7.04. The minimum atomic E-state index is -3.90. The lowest BCUT2D eigenvalue weighted by Gasteiger charge is -2.22. The number of sulfonamides is 1. The average Bonchev–Trinajstić information content (AvgIpc) is 2.73. The molecule has 31 heavy (non-hydrogen) atoms. The molecule has 3 rings (SSSR count). The Morgan fingerprint density at radius 3 is 2.32 bits per heavy atom. The van der Waals surface area contributed by atoms with Gasteiger partial charge in [0.15, 0.2) is 0 Å². The molecular weight excluding hydrogens is 419 g/mol. The molecule has 0 aliphatic heterocycles. The van der Waals surface area contributed by atoms with Crippen molar-refractivity contribution in [1.29, 1.82) is 0 Å². The lowest BCUT2D eigenvalue weighted by Crippen LogP contribution is -2.33. The summed E-state index contributed by atoms with van der Waals surface area (Å²) in [6.07, 6.45) is 0. The van der Waals surface area contributed by atoms with Crippen LogP contribution in [0.25, 0.3) is 0 Å². The maximum atomic E-state index is 13.3. The van der Waals surface area contributed by atoms with E-state index in [9.17, 15) is 22.7 Å². The van der Waals surface area contributed by atoms with Crippen molar-refractivity contribution in [2.45, 2.75) is 18.4 Å². The summed E-state index contributed by atoms with van der Waals surface area (Å²) in [5.74, 6) is -0.788. The first-order valence-corrected chi connectivity index (χ1v) is 11.1. The highest BCUT2D eigenvalue weighted by atomic mass is 32.2. The molecule has 1 amide bonds. The number of aryl methyl sites for hydroxylation is 1. The van der Waals surface area contributed by atoms with Gasteiger partial charge in [0.25, 0.3) is 15.9 Å². The van der Waals surface area contributed by atoms with Crippen LogP contribution in [0.1, 0.15) is 21.5 Å². The predicted octanol–water partition coefficient (Wildman–Crippen LogP) is 3.57. The van der Waals surface area contributed by atoms with Crippen LogP contribution in [0.3, 0.4) is 0 Å². The minimum Gasteiger partial charge on any atom is -0.395 e. The largest absolute Gasteiger partial charge is 0.395 e. The van der Waals surface area contributed by atoms with Gasteiger partial charge in [0, 0.05) is 24.3 Å². The van der Waals surface area contributed by atoms with Crippen LogP contribution in [-0.2, 0) is 16.6 Å². The van der Waals surface area contributed by atoms with Gasteiger partial charge in [-0.2, -0.15) is 0 Å². The van der Waals surface area contributed by atoms with Gasteiger partial charge in [-0.3, -0.25) is 9.52 Å². The van der Waals surface area contributed by atoms with Crippen molar-refractivity contribution in [3.05, 3.63) is 95.3 Å². The average molecular weight is 443 g/mol. The Balaban J connectivity index is 1.75. The molecule has 2 N–H and O–H groups in total. The third-order valence-corrected chi connectivity index (χ3v) is 6.23. The zero-order valence-corrected chi connectivity index (χ0v) is 17.8. The normalized spacial score (nSPS) is 11.2. The third-order valence-electron chi connectivity index (χ3n) is 4.68. The molecule has 8 heteroatoms. The van der Waals surface area contributed by atoms with Crippen LogP contribution >= 0.6 is 0 Å². The fraction of sp³-hybridized carbons (Fsp3) is 0.174. The standard InChI is InChI=1S/C23H23FN2O4S/c1-17-15-20(24)9-12-22(17)31(29,30)25-21-10-7-19(8-11-21)23(28)26(13-14-27)16-18-5-3-2-4-6-18/h2-12,15,25,27H,13-14,16H2,1H3. The number of halogens is 1. The van der Waals surface area contributed by atoms with Gasteiger partial charge >= 0.3 is 0 Å². The maximum Gasteiger partial charge on any atom is 0.262 e. The first kappa shape index (κ1) is 22.5. The molecule has 0 radical (unpaired) electrons. The van der Waals surface area contributed by atoms with Crippen molar-refractivity contribution < 1.29 is 22.7 Å². The highest BCUT2D eigenvalue weighted by Gasteiger charge is 2.19. The highest BCUT2D eigenvalue weighted by Crippen LogP contribution is 2.21. The van der Waals surface area contributed by atoms with Crippen molar-refractivity contribution in [2.75, 3.05) is 17.9 Å². The molecule has 3 aromatic rings.